The molecule has 0 aliphatic carbocycles. The predicted octanol–water partition coefficient (Wildman–Crippen LogP) is 2.80. The summed E-state index contributed by atoms with van der Waals surface area (Å²) in [6.07, 6.45) is 2.70. The molecule has 2 nitrogen and oxygen atoms in total. The van der Waals surface area contributed by atoms with Gasteiger partial charge in [0.25, 0.3) is 0 Å². The maximum absolute atomic E-state index is 3.65. The van der Waals surface area contributed by atoms with Gasteiger partial charge in [0, 0.05) is 19.1 Å². The van der Waals surface area contributed by atoms with Gasteiger partial charge in [-0.05, 0) is 69.3 Å². The van der Waals surface area contributed by atoms with E-state index >= 15 is 0 Å². The lowest BCUT2D eigenvalue weighted by Crippen LogP contribution is -2.44. The molecule has 19 heavy (non-hydrogen) atoms. The number of rotatable bonds is 2. The van der Waals surface area contributed by atoms with Crippen molar-refractivity contribution in [1.29, 1.82) is 0 Å². The molecule has 2 fully saturated rings. The van der Waals surface area contributed by atoms with E-state index in [4.69, 9.17) is 0 Å². The van der Waals surface area contributed by atoms with Gasteiger partial charge in [-0.2, -0.15) is 0 Å². The van der Waals surface area contributed by atoms with Crippen LogP contribution in [0.1, 0.15) is 35.1 Å². The molecule has 1 N–H and O–H groups in total. The lowest BCUT2D eigenvalue weighted by molar-refractivity contribution is 0.155. The van der Waals surface area contributed by atoms with E-state index in [1.54, 1.807) is 5.56 Å². The van der Waals surface area contributed by atoms with Crippen LogP contribution in [0.25, 0.3) is 0 Å². The molecule has 0 radical (unpaired) electrons. The molecule has 0 bridgehead atoms. The van der Waals surface area contributed by atoms with Crippen LogP contribution in [0.5, 0.6) is 0 Å². The summed E-state index contributed by atoms with van der Waals surface area (Å²) in [5.41, 5.74) is 5.86. The van der Waals surface area contributed by atoms with E-state index < -0.39 is 0 Å². The zero-order chi connectivity index (χ0) is 13.4. The summed E-state index contributed by atoms with van der Waals surface area (Å²) in [4.78, 5) is 2.67. The molecule has 2 atom stereocenters. The van der Waals surface area contributed by atoms with Crippen molar-refractivity contribution < 1.29 is 0 Å². The van der Waals surface area contributed by atoms with Crippen LogP contribution >= 0.6 is 0 Å². The summed E-state index contributed by atoms with van der Waals surface area (Å²) in [6.45, 7) is 11.6. The summed E-state index contributed by atoms with van der Waals surface area (Å²) in [5.74, 6) is 0.889. The molecule has 0 spiro atoms. The maximum Gasteiger partial charge on any atom is 0.0239 e. The van der Waals surface area contributed by atoms with Crippen LogP contribution in [0, 0.1) is 26.7 Å². The third kappa shape index (κ3) is 2.70. The van der Waals surface area contributed by atoms with E-state index in [2.05, 4.69) is 43.1 Å². The number of hydrogen-bond donors (Lipinski definition) is 1. The van der Waals surface area contributed by atoms with E-state index in [1.807, 2.05) is 0 Å². The SMILES string of the molecule is Cc1cc(C)c(CN2CCC3NCCC3C2)c(C)c1. The molecule has 2 heterocycles. The Bertz CT molecular complexity index is 443. The Morgan fingerprint density at radius 2 is 1.89 bits per heavy atom. The number of nitrogens with one attached hydrogen (secondary N) is 1. The van der Waals surface area contributed by atoms with Crippen LogP contribution < -0.4 is 5.32 Å². The molecule has 2 aliphatic rings. The van der Waals surface area contributed by atoms with Crippen LogP contribution in [-0.4, -0.2) is 30.6 Å². The maximum atomic E-state index is 3.65. The molecule has 0 saturated carbocycles. The number of aryl methyl sites for hydroxylation is 3. The standard InChI is InChI=1S/C17H26N2/c1-12-8-13(2)16(14(3)9-12)11-19-7-5-17-15(10-19)4-6-18-17/h8-9,15,17-18H,4-7,10-11H2,1-3H3. The first-order valence-electron chi connectivity index (χ1n) is 7.66. The fourth-order valence-corrected chi connectivity index (χ4v) is 3.95. The fraction of sp³-hybridized carbons (Fsp3) is 0.647. The number of nitrogens with zero attached hydrogens (tertiary/aromatic N) is 1. The minimum absolute atomic E-state index is 0.802. The Morgan fingerprint density at radius 1 is 1.16 bits per heavy atom. The molecule has 2 saturated heterocycles. The van der Waals surface area contributed by atoms with E-state index in [0.717, 1.165) is 18.5 Å². The van der Waals surface area contributed by atoms with Gasteiger partial charge in [-0.1, -0.05) is 17.7 Å². The topological polar surface area (TPSA) is 15.3 Å². The quantitative estimate of drug-likeness (QED) is 0.877. The second-order valence-corrected chi connectivity index (χ2v) is 6.51. The highest BCUT2D eigenvalue weighted by Gasteiger charge is 2.32. The van der Waals surface area contributed by atoms with Crippen molar-refractivity contribution in [2.45, 2.75) is 46.2 Å². The summed E-state index contributed by atoms with van der Waals surface area (Å²) in [5, 5.41) is 3.65. The summed E-state index contributed by atoms with van der Waals surface area (Å²) in [6, 6.07) is 5.45. The number of benzene rings is 1. The van der Waals surface area contributed by atoms with E-state index in [-0.39, 0.29) is 0 Å². The van der Waals surface area contributed by atoms with Gasteiger partial charge >= 0.3 is 0 Å². The second kappa shape index (κ2) is 5.26. The fourth-order valence-electron chi connectivity index (χ4n) is 3.95. The molecular formula is C17H26N2. The number of likely N-dealkylation sites (tertiary alicyclic amines) is 1. The van der Waals surface area contributed by atoms with Crippen LogP contribution in [0.15, 0.2) is 12.1 Å². The third-order valence-electron chi connectivity index (χ3n) is 4.96. The van der Waals surface area contributed by atoms with Gasteiger partial charge in [0.05, 0.1) is 0 Å². The molecule has 2 heteroatoms. The van der Waals surface area contributed by atoms with Crippen LogP contribution in [0.3, 0.4) is 0 Å². The number of hydrogen-bond acceptors (Lipinski definition) is 2. The zero-order valence-corrected chi connectivity index (χ0v) is 12.5. The van der Waals surface area contributed by atoms with Gasteiger partial charge in [-0.25, -0.2) is 0 Å². The van der Waals surface area contributed by atoms with E-state index in [9.17, 15) is 0 Å². The van der Waals surface area contributed by atoms with Gasteiger partial charge in [0.15, 0.2) is 0 Å². The molecular weight excluding hydrogens is 232 g/mol. The molecule has 104 valence electrons. The minimum Gasteiger partial charge on any atom is -0.314 e. The lowest BCUT2D eigenvalue weighted by Gasteiger charge is -2.35. The average Bonchev–Trinajstić information content (AvgIpc) is 2.81. The van der Waals surface area contributed by atoms with Crippen LogP contribution in [0.2, 0.25) is 0 Å². The van der Waals surface area contributed by atoms with Gasteiger partial charge in [-0.3, -0.25) is 4.90 Å². The van der Waals surface area contributed by atoms with Crippen molar-refractivity contribution in [2.75, 3.05) is 19.6 Å². The Balaban J connectivity index is 1.72. The second-order valence-electron chi connectivity index (χ2n) is 6.51. The summed E-state index contributed by atoms with van der Waals surface area (Å²) in [7, 11) is 0. The average molecular weight is 258 g/mol. The largest absolute Gasteiger partial charge is 0.314 e. The van der Waals surface area contributed by atoms with Crippen molar-refractivity contribution in [2.24, 2.45) is 5.92 Å². The van der Waals surface area contributed by atoms with E-state index in [1.165, 1.54) is 49.2 Å². The first-order valence-corrected chi connectivity index (χ1v) is 7.66. The molecule has 2 aliphatic heterocycles. The molecule has 0 aromatic heterocycles. The van der Waals surface area contributed by atoms with Gasteiger partial charge in [-0.15, -0.1) is 0 Å². The van der Waals surface area contributed by atoms with Crippen molar-refractivity contribution >= 4 is 0 Å². The van der Waals surface area contributed by atoms with Crippen molar-refractivity contribution in [1.82, 2.24) is 10.2 Å². The van der Waals surface area contributed by atoms with Gasteiger partial charge in [0.2, 0.25) is 0 Å². The molecule has 0 amide bonds. The van der Waals surface area contributed by atoms with Crippen molar-refractivity contribution in [3.63, 3.8) is 0 Å². The van der Waals surface area contributed by atoms with Gasteiger partial charge < -0.3 is 5.32 Å². The first-order chi connectivity index (χ1) is 9.13. The van der Waals surface area contributed by atoms with Crippen LogP contribution in [0.4, 0.5) is 0 Å². The Morgan fingerprint density at radius 3 is 2.63 bits per heavy atom. The predicted molar refractivity (Wildman–Crippen MR) is 80.4 cm³/mol. The van der Waals surface area contributed by atoms with Crippen molar-refractivity contribution in [3.05, 3.63) is 34.4 Å². The van der Waals surface area contributed by atoms with E-state index in [0.29, 0.717) is 0 Å². The monoisotopic (exact) mass is 258 g/mol. The number of piperidine rings is 1. The van der Waals surface area contributed by atoms with Crippen molar-refractivity contribution in [3.8, 4) is 0 Å². The molecule has 3 rings (SSSR count). The molecule has 1 aromatic rings. The Hall–Kier alpha value is -0.860. The normalized spacial score (nSPS) is 27.5. The van der Waals surface area contributed by atoms with Gasteiger partial charge in [0.1, 0.15) is 0 Å². The highest BCUT2D eigenvalue weighted by Crippen LogP contribution is 2.27. The third-order valence-corrected chi connectivity index (χ3v) is 4.96. The smallest absolute Gasteiger partial charge is 0.0239 e. The Kier molecular flexibility index (Phi) is 3.64. The molecule has 1 aromatic carbocycles. The highest BCUT2D eigenvalue weighted by atomic mass is 15.2. The lowest BCUT2D eigenvalue weighted by atomic mass is 9.92. The highest BCUT2D eigenvalue weighted by molar-refractivity contribution is 5.37. The first kappa shape index (κ1) is 13.1. The Labute approximate surface area is 117 Å². The summed E-state index contributed by atoms with van der Waals surface area (Å²) >= 11 is 0. The number of fused-ring (bicyclic) bond motifs is 1. The minimum atomic E-state index is 0.802. The van der Waals surface area contributed by atoms with Crippen LogP contribution in [-0.2, 0) is 6.54 Å². The molecule has 2 unspecified atom stereocenters. The zero-order valence-electron chi connectivity index (χ0n) is 12.5. The summed E-state index contributed by atoms with van der Waals surface area (Å²) < 4.78 is 0.